The van der Waals surface area contributed by atoms with E-state index in [1.165, 1.54) is 0 Å². The first-order valence-corrected chi connectivity index (χ1v) is 6.42. The molecule has 0 fully saturated rings. The Kier molecular flexibility index (Phi) is 6.62. The molecule has 1 amide bonds. The summed E-state index contributed by atoms with van der Waals surface area (Å²) in [7, 11) is 5.67. The van der Waals surface area contributed by atoms with Gasteiger partial charge in [-0.2, -0.15) is 0 Å². The zero-order valence-corrected chi connectivity index (χ0v) is 12.3. The molecule has 2 N–H and O–H groups in total. The molecule has 0 aliphatic heterocycles. The summed E-state index contributed by atoms with van der Waals surface area (Å²) >= 11 is 6.10. The summed E-state index contributed by atoms with van der Waals surface area (Å²) in [6.45, 7) is 1.65. The van der Waals surface area contributed by atoms with Crippen molar-refractivity contribution < 1.29 is 9.53 Å². The number of hydrogen-bond donors (Lipinski definition) is 2. The first-order chi connectivity index (χ1) is 9.02. The van der Waals surface area contributed by atoms with Crippen molar-refractivity contribution in [1.82, 2.24) is 10.2 Å². The number of carbonyl (C=O) groups is 1. The highest BCUT2D eigenvalue weighted by Gasteiger charge is 2.06. The molecular formula is C13H20ClN3O2. The molecule has 0 atom stereocenters. The largest absolute Gasteiger partial charge is 0.491 e. The average molecular weight is 286 g/mol. The average Bonchev–Trinajstić information content (AvgIpc) is 2.31. The van der Waals surface area contributed by atoms with Gasteiger partial charge in [-0.1, -0.05) is 11.6 Å². The van der Waals surface area contributed by atoms with Crippen molar-refractivity contribution in [3.8, 4) is 5.75 Å². The van der Waals surface area contributed by atoms with Gasteiger partial charge in [-0.25, -0.2) is 0 Å². The van der Waals surface area contributed by atoms with E-state index in [2.05, 4.69) is 10.6 Å². The maximum absolute atomic E-state index is 11.4. The van der Waals surface area contributed by atoms with Crippen LogP contribution in [-0.2, 0) is 4.79 Å². The second kappa shape index (κ2) is 7.99. The Balaban J connectivity index is 2.56. The molecule has 0 aliphatic rings. The highest BCUT2D eigenvalue weighted by molar-refractivity contribution is 6.32. The predicted molar refractivity (Wildman–Crippen MR) is 78.1 cm³/mol. The molecule has 0 aliphatic carbocycles. The van der Waals surface area contributed by atoms with Gasteiger partial charge in [0, 0.05) is 12.2 Å². The molecule has 5 nitrogen and oxygen atoms in total. The SMILES string of the molecule is CNCC(=O)Nc1ccc(OCCN(C)C)c(Cl)c1. The summed E-state index contributed by atoms with van der Waals surface area (Å²) in [6.07, 6.45) is 0. The lowest BCUT2D eigenvalue weighted by Gasteiger charge is -2.13. The Bertz CT molecular complexity index is 424. The van der Waals surface area contributed by atoms with Gasteiger partial charge in [-0.15, -0.1) is 0 Å². The molecule has 0 radical (unpaired) electrons. The highest BCUT2D eigenvalue weighted by atomic mass is 35.5. The van der Waals surface area contributed by atoms with Crippen LogP contribution in [0.5, 0.6) is 5.75 Å². The van der Waals surface area contributed by atoms with Crippen molar-refractivity contribution in [2.24, 2.45) is 0 Å². The number of hydrogen-bond acceptors (Lipinski definition) is 4. The minimum Gasteiger partial charge on any atom is -0.491 e. The topological polar surface area (TPSA) is 53.6 Å². The van der Waals surface area contributed by atoms with Gasteiger partial charge in [0.25, 0.3) is 0 Å². The van der Waals surface area contributed by atoms with Crippen LogP contribution in [0, 0.1) is 0 Å². The van der Waals surface area contributed by atoms with Gasteiger partial charge in [0.15, 0.2) is 0 Å². The second-order valence-corrected chi connectivity index (χ2v) is 4.78. The Hall–Kier alpha value is -1.30. The van der Waals surface area contributed by atoms with E-state index >= 15 is 0 Å². The Morgan fingerprint density at radius 3 is 2.74 bits per heavy atom. The van der Waals surface area contributed by atoms with Crippen LogP contribution in [0.3, 0.4) is 0 Å². The fourth-order valence-electron chi connectivity index (χ4n) is 1.40. The van der Waals surface area contributed by atoms with Crippen LogP contribution in [-0.4, -0.2) is 51.6 Å². The number of ether oxygens (including phenoxy) is 1. The van der Waals surface area contributed by atoms with Crippen LogP contribution in [0.4, 0.5) is 5.69 Å². The number of halogens is 1. The monoisotopic (exact) mass is 285 g/mol. The number of rotatable bonds is 7. The Morgan fingerprint density at radius 1 is 1.42 bits per heavy atom. The number of benzene rings is 1. The van der Waals surface area contributed by atoms with Crippen LogP contribution in [0.25, 0.3) is 0 Å². The minimum atomic E-state index is -0.111. The maximum Gasteiger partial charge on any atom is 0.238 e. The molecule has 0 spiro atoms. The van der Waals surface area contributed by atoms with Gasteiger partial charge >= 0.3 is 0 Å². The van der Waals surface area contributed by atoms with Gasteiger partial charge in [0.05, 0.1) is 11.6 Å². The summed E-state index contributed by atoms with van der Waals surface area (Å²) in [4.78, 5) is 13.4. The second-order valence-electron chi connectivity index (χ2n) is 4.38. The molecule has 6 heteroatoms. The summed E-state index contributed by atoms with van der Waals surface area (Å²) in [5.41, 5.74) is 0.658. The summed E-state index contributed by atoms with van der Waals surface area (Å²) in [5, 5.41) is 6.00. The summed E-state index contributed by atoms with van der Waals surface area (Å²) in [5.74, 6) is 0.509. The molecule has 0 saturated carbocycles. The third-order valence-corrected chi connectivity index (χ3v) is 2.64. The van der Waals surface area contributed by atoms with E-state index in [-0.39, 0.29) is 12.5 Å². The fraction of sp³-hybridized carbons (Fsp3) is 0.462. The molecule has 106 valence electrons. The van der Waals surface area contributed by atoms with Crippen LogP contribution in [0.2, 0.25) is 5.02 Å². The minimum absolute atomic E-state index is 0.111. The van der Waals surface area contributed by atoms with Crippen LogP contribution >= 0.6 is 11.6 Å². The van der Waals surface area contributed by atoms with Crippen molar-refractivity contribution in [2.75, 3.05) is 46.2 Å². The fourth-order valence-corrected chi connectivity index (χ4v) is 1.63. The molecular weight excluding hydrogens is 266 g/mol. The Morgan fingerprint density at radius 2 is 2.16 bits per heavy atom. The number of carbonyl (C=O) groups excluding carboxylic acids is 1. The summed E-state index contributed by atoms with van der Waals surface area (Å²) < 4.78 is 5.56. The van der Waals surface area contributed by atoms with Crippen molar-refractivity contribution >= 4 is 23.2 Å². The van der Waals surface area contributed by atoms with Gasteiger partial charge in [0.1, 0.15) is 12.4 Å². The van der Waals surface area contributed by atoms with Crippen molar-refractivity contribution in [2.45, 2.75) is 0 Å². The molecule has 0 unspecified atom stereocenters. The van der Waals surface area contributed by atoms with Crippen LogP contribution in [0.1, 0.15) is 0 Å². The number of amides is 1. The number of anilines is 1. The van der Waals surface area contributed by atoms with E-state index < -0.39 is 0 Å². The Labute approximate surface area is 118 Å². The third-order valence-electron chi connectivity index (χ3n) is 2.35. The van der Waals surface area contributed by atoms with Gasteiger partial charge < -0.3 is 20.3 Å². The van der Waals surface area contributed by atoms with Crippen LogP contribution < -0.4 is 15.4 Å². The summed E-state index contributed by atoms with van der Waals surface area (Å²) in [6, 6.07) is 5.21. The van der Waals surface area contributed by atoms with Gasteiger partial charge in [-0.3, -0.25) is 4.79 Å². The standard InChI is InChI=1S/C13H20ClN3O2/c1-15-9-13(18)16-10-4-5-12(11(14)8-10)19-7-6-17(2)3/h4-5,8,15H,6-7,9H2,1-3H3,(H,16,18). The van der Waals surface area contributed by atoms with E-state index in [1.807, 2.05) is 19.0 Å². The molecule has 0 heterocycles. The molecule has 0 saturated heterocycles. The van der Waals surface area contributed by atoms with Gasteiger partial charge in [0.2, 0.25) is 5.91 Å². The maximum atomic E-state index is 11.4. The smallest absolute Gasteiger partial charge is 0.238 e. The quantitative estimate of drug-likeness (QED) is 0.796. The lowest BCUT2D eigenvalue weighted by atomic mass is 10.3. The first-order valence-electron chi connectivity index (χ1n) is 6.04. The van der Waals surface area contributed by atoms with E-state index in [0.29, 0.717) is 23.1 Å². The molecule has 19 heavy (non-hydrogen) atoms. The third kappa shape index (κ3) is 5.92. The lowest BCUT2D eigenvalue weighted by Crippen LogP contribution is -2.25. The highest BCUT2D eigenvalue weighted by Crippen LogP contribution is 2.27. The zero-order valence-electron chi connectivity index (χ0n) is 11.5. The molecule has 1 rings (SSSR count). The van der Waals surface area contributed by atoms with Crippen molar-refractivity contribution in [3.05, 3.63) is 23.2 Å². The predicted octanol–water partition coefficient (Wildman–Crippen LogP) is 1.44. The van der Waals surface area contributed by atoms with Crippen molar-refractivity contribution in [1.29, 1.82) is 0 Å². The number of nitrogens with one attached hydrogen (secondary N) is 2. The zero-order chi connectivity index (χ0) is 14.3. The number of likely N-dealkylation sites (N-methyl/N-ethyl adjacent to an activating group) is 2. The molecule has 1 aromatic carbocycles. The molecule has 0 aromatic heterocycles. The molecule has 1 aromatic rings. The lowest BCUT2D eigenvalue weighted by molar-refractivity contribution is -0.115. The number of nitrogens with zero attached hydrogens (tertiary/aromatic N) is 1. The van der Waals surface area contributed by atoms with E-state index in [4.69, 9.17) is 16.3 Å². The van der Waals surface area contributed by atoms with E-state index in [9.17, 15) is 4.79 Å². The normalized spacial score (nSPS) is 10.6. The van der Waals surface area contributed by atoms with E-state index in [0.717, 1.165) is 6.54 Å². The van der Waals surface area contributed by atoms with Crippen molar-refractivity contribution in [3.63, 3.8) is 0 Å². The van der Waals surface area contributed by atoms with E-state index in [1.54, 1.807) is 25.2 Å². The van der Waals surface area contributed by atoms with Crippen LogP contribution in [0.15, 0.2) is 18.2 Å². The first kappa shape index (κ1) is 15.8. The van der Waals surface area contributed by atoms with Gasteiger partial charge in [-0.05, 0) is 39.3 Å². The molecule has 0 bridgehead atoms.